The van der Waals surface area contributed by atoms with E-state index in [1.54, 1.807) is 12.1 Å². The zero-order valence-corrected chi connectivity index (χ0v) is 13.2. The van der Waals surface area contributed by atoms with Gasteiger partial charge in [0.05, 0.1) is 17.0 Å². The van der Waals surface area contributed by atoms with Gasteiger partial charge in [0.1, 0.15) is 0 Å². The van der Waals surface area contributed by atoms with Crippen molar-refractivity contribution in [3.63, 3.8) is 0 Å². The number of hydrogen-bond donors (Lipinski definition) is 3. The monoisotopic (exact) mass is 361 g/mol. The van der Waals surface area contributed by atoms with Crippen molar-refractivity contribution >= 4 is 24.3 Å². The first-order chi connectivity index (χ1) is 10.8. The van der Waals surface area contributed by atoms with E-state index in [1.165, 1.54) is 6.20 Å². The molecule has 0 fully saturated rings. The molecule has 0 aliphatic carbocycles. The van der Waals surface area contributed by atoms with Crippen LogP contribution in [0.2, 0.25) is 0 Å². The van der Waals surface area contributed by atoms with E-state index in [2.05, 4.69) is 20.3 Å². The highest BCUT2D eigenvalue weighted by molar-refractivity contribution is 5.98. The summed E-state index contributed by atoms with van der Waals surface area (Å²) in [5, 5.41) is 2.62. The third-order valence-corrected chi connectivity index (χ3v) is 3.74. The molecule has 0 spiro atoms. The van der Waals surface area contributed by atoms with Crippen LogP contribution in [0.3, 0.4) is 0 Å². The van der Waals surface area contributed by atoms with Gasteiger partial charge in [-0.15, -0.1) is 12.4 Å². The van der Waals surface area contributed by atoms with Gasteiger partial charge in [-0.2, -0.15) is 13.2 Å². The van der Waals surface area contributed by atoms with Crippen LogP contribution in [-0.4, -0.2) is 33.6 Å². The number of nitrogens with one attached hydrogen (secondary N) is 2. The van der Waals surface area contributed by atoms with Gasteiger partial charge in [0.2, 0.25) is 5.95 Å². The number of nitrogen functional groups attached to an aromatic ring is 1. The van der Waals surface area contributed by atoms with E-state index >= 15 is 0 Å². The normalized spacial score (nSPS) is 17.0. The molecule has 3 heterocycles. The smallest absolute Gasteiger partial charge is 0.368 e. The molecule has 4 N–H and O–H groups in total. The van der Waals surface area contributed by atoms with Crippen LogP contribution in [0.5, 0.6) is 0 Å². The fourth-order valence-corrected chi connectivity index (χ4v) is 2.64. The first-order valence-electron chi connectivity index (χ1n) is 7.00. The van der Waals surface area contributed by atoms with E-state index in [9.17, 15) is 18.0 Å². The van der Waals surface area contributed by atoms with Gasteiger partial charge in [-0.05, 0) is 18.6 Å². The fraction of sp³-hybridized carbons (Fsp3) is 0.357. The largest absolute Gasteiger partial charge is 0.389 e. The van der Waals surface area contributed by atoms with E-state index in [1.807, 2.05) is 0 Å². The molecule has 1 amide bonds. The van der Waals surface area contributed by atoms with Gasteiger partial charge in [-0.3, -0.25) is 4.79 Å². The lowest BCUT2D eigenvalue weighted by molar-refractivity contribution is -0.136. The Hall–Kier alpha value is -2.29. The lowest BCUT2D eigenvalue weighted by Crippen LogP contribution is -2.35. The van der Waals surface area contributed by atoms with Crippen LogP contribution in [0.1, 0.15) is 34.8 Å². The Morgan fingerprint density at radius 2 is 2.12 bits per heavy atom. The number of hydrogen-bond acceptors (Lipinski definition) is 4. The average molecular weight is 362 g/mol. The third kappa shape index (κ3) is 3.78. The summed E-state index contributed by atoms with van der Waals surface area (Å²) in [5.41, 5.74) is 7.38. The van der Waals surface area contributed by atoms with E-state index in [0.29, 0.717) is 22.6 Å². The number of fused-ring (bicyclic) bond motifs is 1. The van der Waals surface area contributed by atoms with E-state index in [4.69, 9.17) is 5.73 Å². The molecule has 0 bridgehead atoms. The van der Waals surface area contributed by atoms with Crippen molar-refractivity contribution < 1.29 is 18.0 Å². The number of aromatic amines is 1. The van der Waals surface area contributed by atoms with Crippen molar-refractivity contribution in [2.45, 2.75) is 24.9 Å². The molecule has 0 aromatic carbocycles. The van der Waals surface area contributed by atoms with Crippen LogP contribution in [0, 0.1) is 0 Å². The topological polar surface area (TPSA) is 96.7 Å². The molecule has 24 heavy (non-hydrogen) atoms. The van der Waals surface area contributed by atoms with Crippen molar-refractivity contribution in [2.75, 3.05) is 12.3 Å². The number of nitrogens with zero attached hydrogens (tertiary/aromatic N) is 2. The second kappa shape index (κ2) is 6.68. The highest BCUT2D eigenvalue weighted by Crippen LogP contribution is 2.34. The second-order valence-corrected chi connectivity index (χ2v) is 5.37. The van der Waals surface area contributed by atoms with Gasteiger partial charge in [-0.1, -0.05) is 0 Å². The Morgan fingerprint density at radius 3 is 2.79 bits per heavy atom. The Morgan fingerprint density at radius 1 is 1.38 bits per heavy atom. The Kier molecular flexibility index (Phi) is 5.02. The van der Waals surface area contributed by atoms with Gasteiger partial charge >= 0.3 is 6.18 Å². The second-order valence-electron chi connectivity index (χ2n) is 5.37. The standard InChI is InChI=1S/C14H14F3N5O.ClH/c15-14(16,17)3-1-7-6-20-12(23)8-5-10(21-11(7)8)9-2-4-19-13(18)22-9;/h2,4-5,7,21H,1,3,6H2,(H,20,23)(H2,18,19,22);1H/t7-;/m0./s1. The predicted molar refractivity (Wildman–Crippen MR) is 83.8 cm³/mol. The summed E-state index contributed by atoms with van der Waals surface area (Å²) in [6, 6.07) is 3.18. The molecule has 2 aromatic rings. The number of H-pyrrole nitrogens is 1. The summed E-state index contributed by atoms with van der Waals surface area (Å²) in [6.45, 7) is 0.174. The molecular weight excluding hydrogens is 347 g/mol. The summed E-state index contributed by atoms with van der Waals surface area (Å²) < 4.78 is 37.3. The first-order valence-corrected chi connectivity index (χ1v) is 7.00. The number of halogens is 4. The number of rotatable bonds is 3. The molecule has 130 valence electrons. The Balaban J connectivity index is 0.00000208. The zero-order valence-electron chi connectivity index (χ0n) is 12.4. The predicted octanol–water partition coefficient (Wildman–Crippen LogP) is 2.65. The molecule has 1 aliphatic rings. The van der Waals surface area contributed by atoms with E-state index in [-0.39, 0.29) is 37.2 Å². The molecule has 0 radical (unpaired) electrons. The quantitative estimate of drug-likeness (QED) is 0.783. The number of nitrogens with two attached hydrogens (primary N) is 1. The number of alkyl halides is 3. The number of carbonyl (C=O) groups is 1. The molecule has 6 nitrogen and oxygen atoms in total. The molecule has 0 saturated heterocycles. The van der Waals surface area contributed by atoms with Crippen molar-refractivity contribution in [1.82, 2.24) is 20.3 Å². The Labute approximate surface area is 141 Å². The average Bonchev–Trinajstić information content (AvgIpc) is 2.92. The zero-order chi connectivity index (χ0) is 16.6. The number of carbonyl (C=O) groups excluding carboxylic acids is 1. The van der Waals surface area contributed by atoms with Crippen LogP contribution in [0.4, 0.5) is 19.1 Å². The number of aromatic nitrogens is 3. The maximum atomic E-state index is 12.4. The van der Waals surface area contributed by atoms with Crippen LogP contribution in [0.15, 0.2) is 18.3 Å². The van der Waals surface area contributed by atoms with Gasteiger partial charge in [0, 0.05) is 30.8 Å². The van der Waals surface area contributed by atoms with Gasteiger partial charge < -0.3 is 16.0 Å². The van der Waals surface area contributed by atoms with Crippen LogP contribution in [0.25, 0.3) is 11.4 Å². The van der Waals surface area contributed by atoms with Crippen LogP contribution >= 0.6 is 12.4 Å². The minimum Gasteiger partial charge on any atom is -0.368 e. The molecule has 1 atom stereocenters. The minimum atomic E-state index is -4.22. The fourth-order valence-electron chi connectivity index (χ4n) is 2.64. The molecule has 3 rings (SSSR count). The highest BCUT2D eigenvalue weighted by atomic mass is 35.5. The van der Waals surface area contributed by atoms with E-state index < -0.39 is 18.5 Å². The highest BCUT2D eigenvalue weighted by Gasteiger charge is 2.33. The third-order valence-electron chi connectivity index (χ3n) is 3.74. The van der Waals surface area contributed by atoms with Crippen molar-refractivity contribution in [3.05, 3.63) is 29.6 Å². The number of anilines is 1. The summed E-state index contributed by atoms with van der Waals surface area (Å²) in [4.78, 5) is 22.8. The van der Waals surface area contributed by atoms with Crippen LogP contribution < -0.4 is 11.1 Å². The van der Waals surface area contributed by atoms with Crippen LogP contribution in [-0.2, 0) is 0 Å². The van der Waals surface area contributed by atoms with Crippen molar-refractivity contribution in [1.29, 1.82) is 0 Å². The number of amides is 1. The minimum absolute atomic E-state index is 0. The maximum absolute atomic E-state index is 12.4. The maximum Gasteiger partial charge on any atom is 0.389 e. The molecule has 2 aromatic heterocycles. The molecule has 0 unspecified atom stereocenters. The SMILES string of the molecule is Cl.Nc1nccc(-c2cc3c([nH]2)[C@@H](CCC(F)(F)F)CNC3=O)n1. The van der Waals surface area contributed by atoms with Crippen molar-refractivity contribution in [3.8, 4) is 11.4 Å². The molecule has 0 saturated carbocycles. The first kappa shape index (κ1) is 18.1. The lowest BCUT2D eigenvalue weighted by atomic mass is 9.93. The molecular formula is C14H15ClF3N5O. The lowest BCUT2D eigenvalue weighted by Gasteiger charge is -2.23. The summed E-state index contributed by atoms with van der Waals surface area (Å²) in [5.74, 6) is -0.654. The molecule has 1 aliphatic heterocycles. The van der Waals surface area contributed by atoms with E-state index in [0.717, 1.165) is 0 Å². The molecule has 10 heteroatoms. The summed E-state index contributed by atoms with van der Waals surface area (Å²) >= 11 is 0. The Bertz CT molecular complexity index is 746. The summed E-state index contributed by atoms with van der Waals surface area (Å²) in [6.07, 6.45) is -3.75. The van der Waals surface area contributed by atoms with Gasteiger partial charge in [0.25, 0.3) is 5.91 Å². The summed E-state index contributed by atoms with van der Waals surface area (Å²) in [7, 11) is 0. The van der Waals surface area contributed by atoms with Gasteiger partial charge in [-0.25, -0.2) is 9.97 Å². The van der Waals surface area contributed by atoms with Crippen molar-refractivity contribution in [2.24, 2.45) is 0 Å². The van der Waals surface area contributed by atoms with Gasteiger partial charge in [0.15, 0.2) is 0 Å².